The Kier molecular flexibility index (Phi) is 5.24. The number of ether oxygens (including phenoxy) is 1. The van der Waals surface area contributed by atoms with Gasteiger partial charge in [0.05, 0.1) is 11.5 Å². The number of hydrogen-bond acceptors (Lipinski definition) is 4. The van der Waals surface area contributed by atoms with Gasteiger partial charge in [-0.05, 0) is 49.1 Å². The zero-order chi connectivity index (χ0) is 15.5. The number of nitrogens with two attached hydrogens (primary N) is 1. The highest BCUT2D eigenvalue weighted by Gasteiger charge is 2.31. The monoisotopic (exact) mass is 312 g/mol. The van der Waals surface area contributed by atoms with E-state index < -0.39 is 10.0 Å². The Balaban J connectivity index is 2.07. The first-order valence-electron chi connectivity index (χ1n) is 7.36. The van der Waals surface area contributed by atoms with Crippen LogP contribution < -0.4 is 10.5 Å². The Morgan fingerprint density at radius 3 is 2.52 bits per heavy atom. The van der Waals surface area contributed by atoms with E-state index in [1.54, 1.807) is 24.3 Å². The van der Waals surface area contributed by atoms with E-state index in [-0.39, 0.29) is 5.92 Å². The fraction of sp³-hybridized carbons (Fsp3) is 0.600. The van der Waals surface area contributed by atoms with Crippen LogP contribution in [-0.2, 0) is 10.0 Å². The Hall–Kier alpha value is -1.11. The van der Waals surface area contributed by atoms with Crippen molar-refractivity contribution in [3.8, 4) is 5.75 Å². The molecule has 2 rings (SSSR count). The molecule has 5 nitrogen and oxygen atoms in total. The number of sulfonamides is 1. The third-order valence-electron chi connectivity index (χ3n) is 3.63. The molecule has 1 aromatic carbocycles. The first-order chi connectivity index (χ1) is 9.93. The molecule has 0 saturated carbocycles. The van der Waals surface area contributed by atoms with Crippen LogP contribution in [0.15, 0.2) is 29.2 Å². The maximum Gasteiger partial charge on any atom is 0.243 e. The van der Waals surface area contributed by atoms with Gasteiger partial charge in [-0.15, -0.1) is 0 Å². The molecule has 1 saturated heterocycles. The predicted octanol–water partition coefficient (Wildman–Crippen LogP) is 1.69. The minimum atomic E-state index is -3.41. The molecule has 0 bridgehead atoms. The van der Waals surface area contributed by atoms with Crippen molar-refractivity contribution in [1.29, 1.82) is 0 Å². The van der Waals surface area contributed by atoms with Crippen LogP contribution in [-0.4, -0.2) is 39.0 Å². The fourth-order valence-electron chi connectivity index (χ4n) is 2.33. The van der Waals surface area contributed by atoms with E-state index in [9.17, 15) is 8.42 Å². The summed E-state index contributed by atoms with van der Waals surface area (Å²) in [7, 11) is -3.41. The van der Waals surface area contributed by atoms with Crippen LogP contribution in [0.1, 0.15) is 20.3 Å². The van der Waals surface area contributed by atoms with Gasteiger partial charge >= 0.3 is 0 Å². The number of rotatable bonds is 6. The van der Waals surface area contributed by atoms with Gasteiger partial charge < -0.3 is 10.5 Å². The summed E-state index contributed by atoms with van der Waals surface area (Å²) >= 11 is 0. The highest BCUT2D eigenvalue weighted by atomic mass is 32.2. The van der Waals surface area contributed by atoms with Crippen molar-refractivity contribution in [1.82, 2.24) is 4.31 Å². The van der Waals surface area contributed by atoms with Crippen LogP contribution in [0.4, 0.5) is 0 Å². The molecule has 1 aliphatic heterocycles. The largest absolute Gasteiger partial charge is 0.493 e. The molecule has 1 fully saturated rings. The molecule has 6 heteroatoms. The van der Waals surface area contributed by atoms with Crippen molar-refractivity contribution in [3.05, 3.63) is 24.3 Å². The lowest BCUT2D eigenvalue weighted by Crippen LogP contribution is -2.30. The van der Waals surface area contributed by atoms with Gasteiger partial charge in [0, 0.05) is 13.1 Å². The molecule has 1 aromatic rings. The lowest BCUT2D eigenvalue weighted by molar-refractivity contribution is 0.271. The van der Waals surface area contributed by atoms with Crippen LogP contribution >= 0.6 is 0 Å². The van der Waals surface area contributed by atoms with Crippen molar-refractivity contribution in [2.45, 2.75) is 25.2 Å². The fourth-order valence-corrected chi connectivity index (χ4v) is 3.86. The van der Waals surface area contributed by atoms with E-state index in [0.717, 1.165) is 6.42 Å². The quantitative estimate of drug-likeness (QED) is 0.867. The summed E-state index contributed by atoms with van der Waals surface area (Å²) in [5.41, 5.74) is 5.62. The number of hydrogen-bond donors (Lipinski definition) is 1. The molecule has 0 spiro atoms. The summed E-state index contributed by atoms with van der Waals surface area (Å²) in [5, 5.41) is 0. The molecular weight excluding hydrogens is 288 g/mol. The van der Waals surface area contributed by atoms with Gasteiger partial charge in [0.25, 0.3) is 0 Å². The van der Waals surface area contributed by atoms with E-state index in [4.69, 9.17) is 10.5 Å². The minimum Gasteiger partial charge on any atom is -0.493 e. The third-order valence-corrected chi connectivity index (χ3v) is 5.51. The molecule has 0 aliphatic carbocycles. The van der Waals surface area contributed by atoms with Gasteiger partial charge in [-0.3, -0.25) is 0 Å². The second kappa shape index (κ2) is 6.77. The summed E-state index contributed by atoms with van der Waals surface area (Å²) < 4.78 is 32.1. The van der Waals surface area contributed by atoms with Gasteiger partial charge in [0.1, 0.15) is 5.75 Å². The zero-order valence-electron chi connectivity index (χ0n) is 12.7. The average molecular weight is 312 g/mol. The van der Waals surface area contributed by atoms with Crippen molar-refractivity contribution in [2.24, 2.45) is 17.6 Å². The van der Waals surface area contributed by atoms with Crippen molar-refractivity contribution in [3.63, 3.8) is 0 Å². The Labute approximate surface area is 127 Å². The zero-order valence-corrected chi connectivity index (χ0v) is 13.5. The van der Waals surface area contributed by atoms with Crippen LogP contribution in [0.2, 0.25) is 0 Å². The van der Waals surface area contributed by atoms with Gasteiger partial charge in [-0.2, -0.15) is 4.31 Å². The third kappa shape index (κ3) is 3.96. The van der Waals surface area contributed by atoms with Gasteiger partial charge in [-0.25, -0.2) is 8.42 Å². The van der Waals surface area contributed by atoms with Crippen molar-refractivity contribution < 1.29 is 13.2 Å². The molecule has 0 aromatic heterocycles. The first kappa shape index (κ1) is 16.3. The molecule has 118 valence electrons. The lowest BCUT2D eigenvalue weighted by Gasteiger charge is -2.17. The highest BCUT2D eigenvalue weighted by Crippen LogP contribution is 2.25. The first-order valence-corrected chi connectivity index (χ1v) is 8.80. The number of nitrogens with zero attached hydrogens (tertiary/aromatic N) is 1. The molecule has 1 aliphatic rings. The lowest BCUT2D eigenvalue weighted by atomic mass is 10.1. The average Bonchev–Trinajstić information content (AvgIpc) is 2.95. The van der Waals surface area contributed by atoms with E-state index in [1.165, 1.54) is 4.31 Å². The van der Waals surface area contributed by atoms with Crippen LogP contribution in [0.25, 0.3) is 0 Å². The Morgan fingerprint density at radius 2 is 2.00 bits per heavy atom. The highest BCUT2D eigenvalue weighted by molar-refractivity contribution is 7.89. The van der Waals surface area contributed by atoms with Crippen LogP contribution in [0, 0.1) is 11.8 Å². The maximum atomic E-state index is 12.5. The molecule has 0 radical (unpaired) electrons. The van der Waals surface area contributed by atoms with E-state index in [2.05, 4.69) is 13.8 Å². The van der Waals surface area contributed by atoms with E-state index in [0.29, 0.717) is 42.8 Å². The molecule has 21 heavy (non-hydrogen) atoms. The molecule has 1 atom stereocenters. The van der Waals surface area contributed by atoms with Gasteiger partial charge in [0.15, 0.2) is 0 Å². The topological polar surface area (TPSA) is 72.6 Å². The standard InChI is InChI=1S/C15H24N2O3S/c1-12(2)11-20-14-3-5-15(6-4-14)21(18,19)17-8-7-13(9-16)10-17/h3-6,12-13H,7-11,16H2,1-2H3. The Morgan fingerprint density at radius 1 is 1.33 bits per heavy atom. The van der Waals surface area contributed by atoms with Gasteiger partial charge in [-0.1, -0.05) is 13.8 Å². The van der Waals surface area contributed by atoms with Crippen molar-refractivity contribution in [2.75, 3.05) is 26.2 Å². The van der Waals surface area contributed by atoms with Crippen molar-refractivity contribution >= 4 is 10.0 Å². The van der Waals surface area contributed by atoms with Crippen LogP contribution in [0.5, 0.6) is 5.75 Å². The second-order valence-electron chi connectivity index (χ2n) is 5.93. The smallest absolute Gasteiger partial charge is 0.243 e. The summed E-state index contributed by atoms with van der Waals surface area (Å²) in [6, 6.07) is 6.65. The van der Waals surface area contributed by atoms with Gasteiger partial charge in [0.2, 0.25) is 10.0 Å². The summed E-state index contributed by atoms with van der Waals surface area (Å²) in [6.07, 6.45) is 0.839. The molecule has 1 heterocycles. The molecular formula is C15H24N2O3S. The summed E-state index contributed by atoms with van der Waals surface area (Å²) in [4.78, 5) is 0.317. The Bertz CT molecular complexity index is 555. The summed E-state index contributed by atoms with van der Waals surface area (Å²) in [6.45, 7) is 6.37. The molecule has 2 N–H and O–H groups in total. The SMILES string of the molecule is CC(C)COc1ccc(S(=O)(=O)N2CCC(CN)C2)cc1. The van der Waals surface area contributed by atoms with E-state index in [1.807, 2.05) is 0 Å². The normalized spacial score (nSPS) is 20.1. The molecule has 1 unspecified atom stereocenters. The number of benzene rings is 1. The van der Waals surface area contributed by atoms with Crippen LogP contribution in [0.3, 0.4) is 0 Å². The predicted molar refractivity (Wildman–Crippen MR) is 82.7 cm³/mol. The van der Waals surface area contributed by atoms with E-state index >= 15 is 0 Å². The second-order valence-corrected chi connectivity index (χ2v) is 7.87. The summed E-state index contributed by atoms with van der Waals surface area (Å²) in [5.74, 6) is 1.41. The minimum absolute atomic E-state index is 0.272. The molecule has 0 amide bonds. The maximum absolute atomic E-state index is 12.5.